The number of benzene rings is 3. The number of urea groups is 1. The van der Waals surface area contributed by atoms with Gasteiger partial charge in [0, 0.05) is 12.2 Å². The molecule has 4 aromatic rings. The van der Waals surface area contributed by atoms with E-state index in [2.05, 4.69) is 5.32 Å². The lowest BCUT2D eigenvalue weighted by Gasteiger charge is -2.22. The maximum Gasteiger partial charge on any atom is 0.322 e. The standard InChI is InChI=1S/C26H24FN3O2/c1-16-5-9-20(10-6-16)28-26(31)30-13-3-4-23(30)25-29-22-15-19(8-12-24(22)32-25)18-7-11-21(27)17(2)14-18/h5-12,14-15,23H,3-4,13H2,1-2H3,(H,28,31)/t23-/m1/s1. The van der Waals surface area contributed by atoms with Crippen LogP contribution in [0.2, 0.25) is 0 Å². The van der Waals surface area contributed by atoms with Crippen molar-refractivity contribution in [3.63, 3.8) is 0 Å². The molecule has 1 fully saturated rings. The molecule has 0 radical (unpaired) electrons. The van der Waals surface area contributed by atoms with Crippen molar-refractivity contribution in [3.05, 3.63) is 83.5 Å². The van der Waals surface area contributed by atoms with Crippen molar-refractivity contribution in [2.75, 3.05) is 11.9 Å². The highest BCUT2D eigenvalue weighted by Gasteiger charge is 2.33. The molecule has 0 spiro atoms. The molecule has 1 aromatic heterocycles. The molecule has 1 saturated heterocycles. The van der Waals surface area contributed by atoms with Gasteiger partial charge in [0.2, 0.25) is 5.89 Å². The first-order chi connectivity index (χ1) is 15.5. The van der Waals surface area contributed by atoms with Crippen molar-refractivity contribution in [2.24, 2.45) is 0 Å². The van der Waals surface area contributed by atoms with Crippen LogP contribution in [-0.4, -0.2) is 22.5 Å². The summed E-state index contributed by atoms with van der Waals surface area (Å²) in [6.45, 7) is 4.42. The second kappa shape index (κ2) is 8.11. The molecule has 0 saturated carbocycles. The van der Waals surface area contributed by atoms with E-state index in [1.165, 1.54) is 6.07 Å². The lowest BCUT2D eigenvalue weighted by Crippen LogP contribution is -2.34. The summed E-state index contributed by atoms with van der Waals surface area (Å²) in [5.74, 6) is 0.327. The lowest BCUT2D eigenvalue weighted by molar-refractivity contribution is 0.199. The van der Waals surface area contributed by atoms with E-state index in [0.717, 1.165) is 40.7 Å². The number of carbonyl (C=O) groups is 1. The van der Waals surface area contributed by atoms with Crippen molar-refractivity contribution >= 4 is 22.8 Å². The van der Waals surface area contributed by atoms with Crippen LogP contribution in [0.5, 0.6) is 0 Å². The summed E-state index contributed by atoms with van der Waals surface area (Å²) in [6, 6.07) is 18.2. The van der Waals surface area contributed by atoms with E-state index < -0.39 is 0 Å². The molecular weight excluding hydrogens is 405 g/mol. The number of aryl methyl sites for hydroxylation is 2. The van der Waals surface area contributed by atoms with Crippen molar-refractivity contribution in [1.82, 2.24) is 9.88 Å². The zero-order valence-corrected chi connectivity index (χ0v) is 18.1. The van der Waals surface area contributed by atoms with E-state index in [0.29, 0.717) is 23.6 Å². The highest BCUT2D eigenvalue weighted by molar-refractivity contribution is 5.90. The number of nitrogens with zero attached hydrogens (tertiary/aromatic N) is 2. The summed E-state index contributed by atoms with van der Waals surface area (Å²) in [4.78, 5) is 19.4. The molecule has 2 amide bonds. The largest absolute Gasteiger partial charge is 0.438 e. The van der Waals surface area contributed by atoms with Gasteiger partial charge in [0.25, 0.3) is 0 Å². The van der Waals surface area contributed by atoms with E-state index in [1.54, 1.807) is 17.9 Å². The first-order valence-electron chi connectivity index (χ1n) is 10.8. The number of halogens is 1. The van der Waals surface area contributed by atoms with Gasteiger partial charge in [-0.25, -0.2) is 14.2 Å². The summed E-state index contributed by atoms with van der Waals surface area (Å²) in [7, 11) is 0. The molecule has 3 aromatic carbocycles. The Morgan fingerprint density at radius 2 is 1.81 bits per heavy atom. The van der Waals surface area contributed by atoms with Crippen molar-refractivity contribution in [2.45, 2.75) is 32.7 Å². The minimum Gasteiger partial charge on any atom is -0.438 e. The molecule has 2 heterocycles. The minimum atomic E-state index is -0.219. The summed E-state index contributed by atoms with van der Waals surface area (Å²) in [5, 5.41) is 2.97. The van der Waals surface area contributed by atoms with Gasteiger partial charge in [0.05, 0.1) is 0 Å². The zero-order chi connectivity index (χ0) is 22.2. The van der Waals surface area contributed by atoms with Crippen LogP contribution in [-0.2, 0) is 0 Å². The van der Waals surface area contributed by atoms with Gasteiger partial charge in [-0.2, -0.15) is 0 Å². The Labute approximate surface area is 185 Å². The average Bonchev–Trinajstić information content (AvgIpc) is 3.43. The van der Waals surface area contributed by atoms with Crippen molar-refractivity contribution < 1.29 is 13.6 Å². The van der Waals surface area contributed by atoms with E-state index in [-0.39, 0.29) is 17.9 Å². The fourth-order valence-electron chi connectivity index (χ4n) is 4.19. The third-order valence-corrected chi connectivity index (χ3v) is 6.00. The molecule has 0 bridgehead atoms. The number of hydrogen-bond acceptors (Lipinski definition) is 3. The topological polar surface area (TPSA) is 58.4 Å². The van der Waals surface area contributed by atoms with E-state index in [1.807, 2.05) is 55.5 Å². The highest BCUT2D eigenvalue weighted by atomic mass is 19.1. The first kappa shape index (κ1) is 20.2. The number of oxazole rings is 1. The monoisotopic (exact) mass is 429 g/mol. The molecule has 0 unspecified atom stereocenters. The Bertz CT molecular complexity index is 1300. The maximum absolute atomic E-state index is 13.6. The van der Waals surface area contributed by atoms with Crippen LogP contribution in [0.4, 0.5) is 14.9 Å². The Hall–Kier alpha value is -3.67. The fourth-order valence-corrected chi connectivity index (χ4v) is 4.19. The lowest BCUT2D eigenvalue weighted by atomic mass is 10.0. The molecule has 162 valence electrons. The third-order valence-electron chi connectivity index (χ3n) is 6.00. The van der Waals surface area contributed by atoms with E-state index in [4.69, 9.17) is 9.40 Å². The van der Waals surface area contributed by atoms with Gasteiger partial charge >= 0.3 is 6.03 Å². The Balaban J connectivity index is 1.40. The Morgan fingerprint density at radius 1 is 1.06 bits per heavy atom. The summed E-state index contributed by atoms with van der Waals surface area (Å²) in [6.07, 6.45) is 1.70. The van der Waals surface area contributed by atoms with Crippen LogP contribution in [0.25, 0.3) is 22.2 Å². The van der Waals surface area contributed by atoms with Gasteiger partial charge in [0.1, 0.15) is 17.4 Å². The van der Waals surface area contributed by atoms with Gasteiger partial charge < -0.3 is 14.6 Å². The van der Waals surface area contributed by atoms with Crippen molar-refractivity contribution in [3.8, 4) is 11.1 Å². The minimum absolute atomic E-state index is 0.152. The van der Waals surface area contributed by atoms with Gasteiger partial charge in [-0.3, -0.25) is 0 Å². The molecule has 6 heteroatoms. The van der Waals surface area contributed by atoms with Gasteiger partial charge in [-0.05, 0) is 79.8 Å². The van der Waals surface area contributed by atoms with E-state index in [9.17, 15) is 9.18 Å². The molecular formula is C26H24FN3O2. The number of rotatable bonds is 3. The Morgan fingerprint density at radius 3 is 2.59 bits per heavy atom. The number of amides is 2. The van der Waals surface area contributed by atoms with Crippen LogP contribution in [0.1, 0.15) is 35.9 Å². The normalized spacial score (nSPS) is 16.0. The number of carbonyl (C=O) groups excluding carboxylic acids is 1. The molecule has 5 nitrogen and oxygen atoms in total. The number of hydrogen-bond donors (Lipinski definition) is 1. The zero-order valence-electron chi connectivity index (χ0n) is 18.1. The predicted molar refractivity (Wildman–Crippen MR) is 123 cm³/mol. The highest BCUT2D eigenvalue weighted by Crippen LogP contribution is 2.35. The van der Waals surface area contributed by atoms with Crippen LogP contribution < -0.4 is 5.32 Å². The SMILES string of the molecule is Cc1ccc(NC(=O)N2CCC[C@@H]2c2nc3cc(-c4ccc(F)c(C)c4)ccc3o2)cc1. The average molecular weight is 429 g/mol. The van der Waals surface area contributed by atoms with Gasteiger partial charge in [-0.15, -0.1) is 0 Å². The first-order valence-corrected chi connectivity index (χ1v) is 10.8. The van der Waals surface area contributed by atoms with Gasteiger partial charge in [0.15, 0.2) is 5.58 Å². The molecule has 1 N–H and O–H groups in total. The van der Waals surface area contributed by atoms with Crippen molar-refractivity contribution in [1.29, 1.82) is 0 Å². The smallest absolute Gasteiger partial charge is 0.322 e. The van der Waals surface area contributed by atoms with Crippen LogP contribution in [0.3, 0.4) is 0 Å². The summed E-state index contributed by atoms with van der Waals surface area (Å²) >= 11 is 0. The third kappa shape index (κ3) is 3.84. The summed E-state index contributed by atoms with van der Waals surface area (Å²) in [5.41, 5.74) is 5.78. The van der Waals surface area contributed by atoms with Crippen LogP contribution >= 0.6 is 0 Å². The molecule has 1 atom stereocenters. The number of likely N-dealkylation sites (tertiary alicyclic amines) is 1. The van der Waals surface area contributed by atoms with Crippen LogP contribution in [0, 0.1) is 19.7 Å². The van der Waals surface area contributed by atoms with Gasteiger partial charge in [-0.1, -0.05) is 29.8 Å². The van der Waals surface area contributed by atoms with Crippen LogP contribution in [0.15, 0.2) is 65.1 Å². The molecule has 32 heavy (non-hydrogen) atoms. The predicted octanol–water partition coefficient (Wildman–Crippen LogP) is 6.62. The number of nitrogens with one attached hydrogen (secondary N) is 1. The quantitative estimate of drug-likeness (QED) is 0.398. The second-order valence-corrected chi connectivity index (χ2v) is 8.35. The fraction of sp³-hybridized carbons (Fsp3) is 0.231. The molecule has 0 aliphatic carbocycles. The Kier molecular flexibility index (Phi) is 5.13. The van der Waals surface area contributed by atoms with E-state index >= 15 is 0 Å². The number of anilines is 1. The summed E-state index contributed by atoms with van der Waals surface area (Å²) < 4.78 is 19.7. The number of aromatic nitrogens is 1. The molecule has 1 aliphatic rings. The second-order valence-electron chi connectivity index (χ2n) is 8.35. The number of fused-ring (bicyclic) bond motifs is 1. The maximum atomic E-state index is 13.6. The molecule has 1 aliphatic heterocycles. The molecule has 5 rings (SSSR count).